The lowest BCUT2D eigenvalue weighted by Gasteiger charge is -2.08. The van der Waals surface area contributed by atoms with Crippen molar-refractivity contribution in [1.82, 2.24) is 4.98 Å². The van der Waals surface area contributed by atoms with E-state index in [2.05, 4.69) is 17.1 Å². The normalized spacial score (nSPS) is 10.7. The number of aromatic nitrogens is 1. The molecular formula is C17H15NO3S. The summed E-state index contributed by atoms with van der Waals surface area (Å²) in [5.74, 6) is 0.00395. The molecule has 0 saturated carbocycles. The number of thiazole rings is 1. The van der Waals surface area contributed by atoms with Crippen molar-refractivity contribution in [2.45, 2.75) is 12.8 Å². The Balaban J connectivity index is 1.62. The molecule has 5 heteroatoms. The zero-order valence-corrected chi connectivity index (χ0v) is 12.7. The monoisotopic (exact) mass is 313 g/mol. The number of carboxylic acids is 1. The summed E-state index contributed by atoms with van der Waals surface area (Å²) in [6, 6.07) is 14.1. The van der Waals surface area contributed by atoms with Crippen LogP contribution in [0.1, 0.15) is 10.7 Å². The molecule has 0 spiro atoms. The first-order valence-electron chi connectivity index (χ1n) is 6.98. The number of hydrogen-bond donors (Lipinski definition) is 1. The second kappa shape index (κ2) is 6.58. The van der Waals surface area contributed by atoms with E-state index in [0.29, 0.717) is 18.7 Å². The van der Waals surface area contributed by atoms with Gasteiger partial charge >= 0.3 is 5.97 Å². The number of aliphatic carboxylic acids is 1. The van der Waals surface area contributed by atoms with Crippen molar-refractivity contribution in [3.05, 3.63) is 58.5 Å². The zero-order chi connectivity index (χ0) is 15.4. The predicted octanol–water partition coefficient (Wildman–Crippen LogP) is 3.54. The van der Waals surface area contributed by atoms with Gasteiger partial charge in [-0.2, -0.15) is 0 Å². The lowest BCUT2D eigenvalue weighted by atomic mass is 10.1. The zero-order valence-electron chi connectivity index (χ0n) is 11.9. The summed E-state index contributed by atoms with van der Waals surface area (Å²) < 4.78 is 5.86. The highest BCUT2D eigenvalue weighted by Crippen LogP contribution is 2.25. The van der Waals surface area contributed by atoms with E-state index < -0.39 is 5.97 Å². The fourth-order valence-corrected chi connectivity index (χ4v) is 3.05. The van der Waals surface area contributed by atoms with Crippen LogP contribution in [0.5, 0.6) is 5.75 Å². The van der Waals surface area contributed by atoms with Gasteiger partial charge in [0.1, 0.15) is 5.75 Å². The van der Waals surface area contributed by atoms with Crippen molar-refractivity contribution in [3.63, 3.8) is 0 Å². The van der Waals surface area contributed by atoms with E-state index in [4.69, 9.17) is 9.84 Å². The molecule has 0 aliphatic heterocycles. The van der Waals surface area contributed by atoms with Crippen molar-refractivity contribution < 1.29 is 14.6 Å². The Morgan fingerprint density at radius 3 is 2.86 bits per heavy atom. The molecule has 22 heavy (non-hydrogen) atoms. The van der Waals surface area contributed by atoms with E-state index in [1.807, 2.05) is 30.3 Å². The number of carbonyl (C=O) groups is 1. The van der Waals surface area contributed by atoms with Gasteiger partial charge in [-0.15, -0.1) is 11.3 Å². The molecule has 2 aromatic carbocycles. The molecule has 0 fully saturated rings. The maximum Gasteiger partial charge on any atom is 0.309 e. The van der Waals surface area contributed by atoms with Crippen molar-refractivity contribution in [2.24, 2.45) is 0 Å². The summed E-state index contributed by atoms with van der Waals surface area (Å²) >= 11 is 1.48. The summed E-state index contributed by atoms with van der Waals surface area (Å²) in [5.41, 5.74) is 0.609. The number of benzene rings is 2. The second-order valence-electron chi connectivity index (χ2n) is 4.88. The highest BCUT2D eigenvalue weighted by molar-refractivity contribution is 7.09. The fraction of sp³-hybridized carbons (Fsp3) is 0.176. The molecule has 0 bridgehead atoms. The summed E-state index contributed by atoms with van der Waals surface area (Å²) in [6.07, 6.45) is 0.647. The number of fused-ring (bicyclic) bond motifs is 1. The van der Waals surface area contributed by atoms with Crippen molar-refractivity contribution in [3.8, 4) is 5.75 Å². The largest absolute Gasteiger partial charge is 0.493 e. The first kappa shape index (κ1) is 14.5. The van der Waals surface area contributed by atoms with E-state index in [-0.39, 0.29) is 6.42 Å². The van der Waals surface area contributed by atoms with Crippen LogP contribution in [0.25, 0.3) is 10.8 Å². The van der Waals surface area contributed by atoms with E-state index in [1.165, 1.54) is 11.3 Å². The minimum atomic E-state index is -0.858. The van der Waals surface area contributed by atoms with Crippen LogP contribution in [0.4, 0.5) is 0 Å². The topological polar surface area (TPSA) is 59.4 Å². The molecule has 0 unspecified atom stereocenters. The molecule has 1 aromatic heterocycles. The van der Waals surface area contributed by atoms with E-state index in [1.54, 1.807) is 5.38 Å². The van der Waals surface area contributed by atoms with Gasteiger partial charge in [-0.1, -0.05) is 36.4 Å². The van der Waals surface area contributed by atoms with Gasteiger partial charge in [0.2, 0.25) is 0 Å². The predicted molar refractivity (Wildman–Crippen MR) is 86.6 cm³/mol. The van der Waals surface area contributed by atoms with Crippen LogP contribution in [-0.2, 0) is 17.6 Å². The van der Waals surface area contributed by atoms with Crippen molar-refractivity contribution in [2.75, 3.05) is 6.61 Å². The molecular weight excluding hydrogens is 298 g/mol. The van der Waals surface area contributed by atoms with Crippen LogP contribution in [-0.4, -0.2) is 22.7 Å². The minimum absolute atomic E-state index is 0.0271. The molecule has 3 rings (SSSR count). The summed E-state index contributed by atoms with van der Waals surface area (Å²) in [7, 11) is 0. The molecule has 0 aliphatic rings. The third kappa shape index (κ3) is 3.43. The SMILES string of the molecule is O=C(O)Cc1csc(CCOc2cccc3ccccc23)n1. The Kier molecular flexibility index (Phi) is 4.34. The van der Waals surface area contributed by atoms with Crippen LogP contribution in [0.15, 0.2) is 47.8 Å². The van der Waals surface area contributed by atoms with Crippen LogP contribution < -0.4 is 4.74 Å². The molecule has 0 amide bonds. The standard InChI is InChI=1S/C17H15NO3S/c19-17(20)10-13-11-22-16(18-13)8-9-21-15-7-3-5-12-4-1-2-6-14(12)15/h1-7,11H,8-10H2,(H,19,20). The molecule has 1 N–H and O–H groups in total. The Bertz CT molecular complexity index is 792. The Hall–Kier alpha value is -2.40. The van der Waals surface area contributed by atoms with Gasteiger partial charge < -0.3 is 9.84 Å². The first-order valence-corrected chi connectivity index (χ1v) is 7.86. The van der Waals surface area contributed by atoms with Crippen LogP contribution in [0.3, 0.4) is 0 Å². The maximum absolute atomic E-state index is 10.6. The van der Waals surface area contributed by atoms with Gasteiger partial charge in [-0.3, -0.25) is 4.79 Å². The van der Waals surface area contributed by atoms with Gasteiger partial charge in [0, 0.05) is 17.2 Å². The lowest BCUT2D eigenvalue weighted by molar-refractivity contribution is -0.136. The number of nitrogens with zero attached hydrogens (tertiary/aromatic N) is 1. The van der Waals surface area contributed by atoms with Crippen molar-refractivity contribution >= 4 is 28.1 Å². The average Bonchev–Trinajstić information content (AvgIpc) is 2.94. The van der Waals surface area contributed by atoms with Gasteiger partial charge in [-0.25, -0.2) is 4.98 Å². The van der Waals surface area contributed by atoms with E-state index >= 15 is 0 Å². The minimum Gasteiger partial charge on any atom is -0.493 e. The highest BCUT2D eigenvalue weighted by atomic mass is 32.1. The number of hydrogen-bond acceptors (Lipinski definition) is 4. The van der Waals surface area contributed by atoms with Crippen LogP contribution >= 0.6 is 11.3 Å². The third-order valence-electron chi connectivity index (χ3n) is 3.25. The van der Waals surface area contributed by atoms with Gasteiger partial charge in [0.05, 0.1) is 23.7 Å². The smallest absolute Gasteiger partial charge is 0.309 e. The van der Waals surface area contributed by atoms with Crippen LogP contribution in [0.2, 0.25) is 0 Å². The Morgan fingerprint density at radius 1 is 1.18 bits per heavy atom. The second-order valence-corrected chi connectivity index (χ2v) is 5.82. The molecule has 0 aliphatic carbocycles. The Morgan fingerprint density at radius 2 is 2.00 bits per heavy atom. The summed E-state index contributed by atoms with van der Waals surface area (Å²) in [6.45, 7) is 0.522. The molecule has 1 heterocycles. The Labute approximate surface area is 132 Å². The number of ether oxygens (including phenoxy) is 1. The molecule has 0 saturated heterocycles. The quantitative estimate of drug-likeness (QED) is 0.756. The van der Waals surface area contributed by atoms with E-state index in [9.17, 15) is 4.79 Å². The van der Waals surface area contributed by atoms with Crippen molar-refractivity contribution in [1.29, 1.82) is 0 Å². The molecule has 0 radical (unpaired) electrons. The number of carboxylic acid groups (broad SMARTS) is 1. The molecule has 3 aromatic rings. The average molecular weight is 313 g/mol. The van der Waals surface area contributed by atoms with Gasteiger partial charge in [-0.05, 0) is 11.5 Å². The molecule has 4 nitrogen and oxygen atoms in total. The third-order valence-corrected chi connectivity index (χ3v) is 4.21. The first-order chi connectivity index (χ1) is 10.7. The maximum atomic E-state index is 10.6. The molecule has 112 valence electrons. The summed E-state index contributed by atoms with van der Waals surface area (Å²) in [5, 5.41) is 13.7. The van der Waals surface area contributed by atoms with Gasteiger partial charge in [0.15, 0.2) is 0 Å². The van der Waals surface area contributed by atoms with Gasteiger partial charge in [0.25, 0.3) is 0 Å². The fourth-order valence-electron chi connectivity index (χ4n) is 2.27. The lowest BCUT2D eigenvalue weighted by Crippen LogP contribution is -2.03. The molecule has 0 atom stereocenters. The number of rotatable bonds is 6. The van der Waals surface area contributed by atoms with Crippen LogP contribution in [0, 0.1) is 0 Å². The summed E-state index contributed by atoms with van der Waals surface area (Å²) in [4.78, 5) is 14.9. The highest BCUT2D eigenvalue weighted by Gasteiger charge is 2.07. The van der Waals surface area contributed by atoms with E-state index in [0.717, 1.165) is 21.5 Å².